The minimum atomic E-state index is 0.656. The van der Waals surface area contributed by atoms with Gasteiger partial charge in [0.05, 0.1) is 4.34 Å². The van der Waals surface area contributed by atoms with E-state index in [-0.39, 0.29) is 0 Å². The second kappa shape index (κ2) is 8.16. The zero-order chi connectivity index (χ0) is 13.5. The zero-order valence-electron chi connectivity index (χ0n) is 11.9. The number of hydrogen-bond donors (Lipinski definition) is 1. The number of thiophene rings is 1. The minimum absolute atomic E-state index is 0.656. The molecule has 0 spiro atoms. The number of halogens is 1. The Kier molecular flexibility index (Phi) is 7.23. The van der Waals surface area contributed by atoms with E-state index in [1.807, 2.05) is 6.07 Å². The van der Waals surface area contributed by atoms with E-state index in [9.17, 15) is 0 Å². The molecule has 1 unspecified atom stereocenters. The van der Waals surface area contributed by atoms with Crippen LogP contribution in [0.15, 0.2) is 12.1 Å². The van der Waals surface area contributed by atoms with Crippen LogP contribution in [0.5, 0.6) is 0 Å². The molecular weight excluding hydrogens is 264 g/mol. The number of rotatable bonds is 8. The molecule has 4 heteroatoms. The van der Waals surface area contributed by atoms with Crippen LogP contribution in [0.25, 0.3) is 0 Å². The van der Waals surface area contributed by atoms with Crippen molar-refractivity contribution >= 4 is 22.9 Å². The first-order valence-electron chi connectivity index (χ1n) is 6.64. The summed E-state index contributed by atoms with van der Waals surface area (Å²) >= 11 is 7.55. The molecule has 1 N–H and O–H groups in total. The predicted molar refractivity (Wildman–Crippen MR) is 82.6 cm³/mol. The molecule has 2 nitrogen and oxygen atoms in total. The Bertz CT molecular complexity index is 338. The van der Waals surface area contributed by atoms with Gasteiger partial charge in [0.15, 0.2) is 0 Å². The van der Waals surface area contributed by atoms with Crippen molar-refractivity contribution in [2.24, 2.45) is 5.92 Å². The van der Waals surface area contributed by atoms with Gasteiger partial charge in [0.1, 0.15) is 0 Å². The van der Waals surface area contributed by atoms with E-state index in [0.717, 1.165) is 29.9 Å². The molecule has 0 bridgehead atoms. The highest BCUT2D eigenvalue weighted by atomic mass is 35.5. The standard InChI is InChI=1S/C14H25ClN2S/c1-11(2)9-12(3)17(4)8-7-16-10-13-5-6-14(15)18-13/h5-6,11-12,16H,7-10H2,1-4H3. The molecular formula is C14H25ClN2S. The average molecular weight is 289 g/mol. The SMILES string of the molecule is CC(C)CC(C)N(C)CCNCc1ccc(Cl)s1. The smallest absolute Gasteiger partial charge is 0.0931 e. The summed E-state index contributed by atoms with van der Waals surface area (Å²) < 4.78 is 0.870. The first-order valence-corrected chi connectivity index (χ1v) is 7.83. The highest BCUT2D eigenvalue weighted by molar-refractivity contribution is 7.16. The monoisotopic (exact) mass is 288 g/mol. The summed E-state index contributed by atoms with van der Waals surface area (Å²) in [5.41, 5.74) is 0. The van der Waals surface area contributed by atoms with Crippen molar-refractivity contribution in [3.05, 3.63) is 21.3 Å². The van der Waals surface area contributed by atoms with Crippen molar-refractivity contribution in [2.75, 3.05) is 20.1 Å². The molecule has 0 amide bonds. The van der Waals surface area contributed by atoms with Crippen LogP contribution in [0.3, 0.4) is 0 Å². The van der Waals surface area contributed by atoms with Gasteiger partial charge in [-0.15, -0.1) is 11.3 Å². The van der Waals surface area contributed by atoms with Crippen LogP contribution < -0.4 is 5.32 Å². The molecule has 1 aromatic rings. The molecule has 0 aliphatic heterocycles. The molecule has 104 valence electrons. The molecule has 0 aliphatic rings. The first kappa shape index (κ1) is 16.0. The Morgan fingerprint density at radius 3 is 2.61 bits per heavy atom. The van der Waals surface area contributed by atoms with Crippen LogP contribution >= 0.6 is 22.9 Å². The Morgan fingerprint density at radius 2 is 2.06 bits per heavy atom. The highest BCUT2D eigenvalue weighted by Crippen LogP contribution is 2.20. The molecule has 1 heterocycles. The van der Waals surface area contributed by atoms with Gasteiger partial charge >= 0.3 is 0 Å². The number of hydrogen-bond acceptors (Lipinski definition) is 3. The van der Waals surface area contributed by atoms with Gasteiger partial charge in [0, 0.05) is 30.6 Å². The second-order valence-corrected chi connectivity index (χ2v) is 7.14. The third-order valence-corrected chi connectivity index (χ3v) is 4.37. The summed E-state index contributed by atoms with van der Waals surface area (Å²) in [6, 6.07) is 4.70. The molecule has 0 saturated carbocycles. The highest BCUT2D eigenvalue weighted by Gasteiger charge is 2.10. The molecule has 1 aromatic heterocycles. The Hall–Kier alpha value is -0.0900. The van der Waals surface area contributed by atoms with Crippen molar-refractivity contribution in [3.8, 4) is 0 Å². The van der Waals surface area contributed by atoms with Gasteiger partial charge in [0.25, 0.3) is 0 Å². The fourth-order valence-corrected chi connectivity index (χ4v) is 3.05. The van der Waals surface area contributed by atoms with Gasteiger partial charge in [-0.2, -0.15) is 0 Å². The van der Waals surface area contributed by atoms with Gasteiger partial charge in [-0.3, -0.25) is 0 Å². The third kappa shape index (κ3) is 6.19. The van der Waals surface area contributed by atoms with E-state index in [1.165, 1.54) is 11.3 Å². The van der Waals surface area contributed by atoms with Crippen molar-refractivity contribution in [3.63, 3.8) is 0 Å². The summed E-state index contributed by atoms with van der Waals surface area (Å²) in [6.07, 6.45) is 1.26. The Morgan fingerprint density at radius 1 is 1.33 bits per heavy atom. The lowest BCUT2D eigenvalue weighted by molar-refractivity contribution is 0.228. The van der Waals surface area contributed by atoms with Crippen molar-refractivity contribution in [2.45, 2.75) is 39.8 Å². The van der Waals surface area contributed by atoms with Gasteiger partial charge < -0.3 is 10.2 Å². The van der Waals surface area contributed by atoms with E-state index in [0.29, 0.717) is 6.04 Å². The largest absolute Gasteiger partial charge is 0.311 e. The molecule has 0 aliphatic carbocycles. The molecule has 0 aromatic carbocycles. The number of nitrogens with zero attached hydrogens (tertiary/aromatic N) is 1. The van der Waals surface area contributed by atoms with Crippen LogP contribution in [-0.4, -0.2) is 31.1 Å². The Labute approximate surface area is 120 Å². The van der Waals surface area contributed by atoms with Crippen LogP contribution in [0, 0.1) is 5.92 Å². The van der Waals surface area contributed by atoms with Gasteiger partial charge in [-0.05, 0) is 38.4 Å². The molecule has 1 rings (SSSR count). The average Bonchev–Trinajstić information content (AvgIpc) is 2.69. The maximum atomic E-state index is 5.90. The molecule has 1 atom stereocenters. The van der Waals surface area contributed by atoms with E-state index in [1.54, 1.807) is 11.3 Å². The van der Waals surface area contributed by atoms with Gasteiger partial charge in [0.2, 0.25) is 0 Å². The van der Waals surface area contributed by atoms with Crippen LogP contribution in [-0.2, 0) is 6.54 Å². The maximum absolute atomic E-state index is 5.90. The van der Waals surface area contributed by atoms with Crippen molar-refractivity contribution < 1.29 is 0 Å². The topological polar surface area (TPSA) is 15.3 Å². The van der Waals surface area contributed by atoms with Gasteiger partial charge in [-0.25, -0.2) is 0 Å². The molecule has 0 saturated heterocycles. The lowest BCUT2D eigenvalue weighted by atomic mass is 10.0. The van der Waals surface area contributed by atoms with E-state index < -0.39 is 0 Å². The normalized spacial score (nSPS) is 13.5. The fourth-order valence-electron chi connectivity index (χ4n) is 2.00. The summed E-state index contributed by atoms with van der Waals surface area (Å²) in [6.45, 7) is 9.90. The zero-order valence-corrected chi connectivity index (χ0v) is 13.4. The summed E-state index contributed by atoms with van der Waals surface area (Å²) in [5, 5.41) is 3.46. The summed E-state index contributed by atoms with van der Waals surface area (Å²) in [4.78, 5) is 3.73. The third-order valence-electron chi connectivity index (χ3n) is 3.13. The predicted octanol–water partition coefficient (Wildman–Crippen LogP) is 3.86. The van der Waals surface area contributed by atoms with Crippen LogP contribution in [0.2, 0.25) is 4.34 Å². The molecule has 0 radical (unpaired) electrons. The minimum Gasteiger partial charge on any atom is -0.311 e. The van der Waals surface area contributed by atoms with Crippen LogP contribution in [0.1, 0.15) is 32.1 Å². The quantitative estimate of drug-likeness (QED) is 0.731. The number of likely N-dealkylation sites (N-methyl/N-ethyl adjacent to an activating group) is 1. The van der Waals surface area contributed by atoms with Crippen molar-refractivity contribution in [1.29, 1.82) is 0 Å². The first-order chi connectivity index (χ1) is 8.49. The summed E-state index contributed by atoms with van der Waals surface area (Å²) in [7, 11) is 2.21. The van der Waals surface area contributed by atoms with E-state index in [4.69, 9.17) is 11.6 Å². The molecule has 18 heavy (non-hydrogen) atoms. The second-order valence-electron chi connectivity index (χ2n) is 5.34. The lowest BCUT2D eigenvalue weighted by Crippen LogP contribution is -2.35. The fraction of sp³-hybridized carbons (Fsp3) is 0.714. The Balaban J connectivity index is 2.13. The van der Waals surface area contributed by atoms with Gasteiger partial charge in [-0.1, -0.05) is 25.4 Å². The molecule has 0 fully saturated rings. The van der Waals surface area contributed by atoms with Crippen molar-refractivity contribution in [1.82, 2.24) is 10.2 Å². The lowest BCUT2D eigenvalue weighted by Gasteiger charge is -2.26. The maximum Gasteiger partial charge on any atom is 0.0931 e. The number of nitrogens with one attached hydrogen (secondary N) is 1. The summed E-state index contributed by atoms with van der Waals surface area (Å²) in [5.74, 6) is 0.767. The van der Waals surface area contributed by atoms with Crippen LogP contribution in [0.4, 0.5) is 0 Å². The van der Waals surface area contributed by atoms with E-state index >= 15 is 0 Å². The van der Waals surface area contributed by atoms with E-state index in [2.05, 4.69) is 44.1 Å².